The number of para-hydroxylation sites is 7. The highest BCUT2D eigenvalue weighted by molar-refractivity contribution is 6.12. The second-order valence-corrected chi connectivity index (χ2v) is 18.7. The fraction of sp³-hybridized carbons (Fsp3) is 0. The summed E-state index contributed by atoms with van der Waals surface area (Å²) >= 11 is 0. The van der Waals surface area contributed by atoms with Crippen molar-refractivity contribution in [2.75, 3.05) is 14.7 Å². The molecule has 4 nitrogen and oxygen atoms in total. The van der Waals surface area contributed by atoms with E-state index in [9.17, 15) is 0 Å². The van der Waals surface area contributed by atoms with Crippen molar-refractivity contribution in [3.05, 3.63) is 317 Å². The first kappa shape index (κ1) is 46.9. The number of hydrogen-bond donors (Lipinski definition) is 0. The van der Waals surface area contributed by atoms with Gasteiger partial charge >= 0.3 is 0 Å². The summed E-state index contributed by atoms with van der Waals surface area (Å²) in [4.78, 5) is 7.08. The molecule has 0 radical (unpaired) electrons. The van der Waals surface area contributed by atoms with Gasteiger partial charge in [-0.1, -0.05) is 183 Å². The zero-order chi connectivity index (χ0) is 51.2. The van der Waals surface area contributed by atoms with E-state index in [-0.39, 0.29) is 0 Å². The maximum absolute atomic E-state index is 4.22. The van der Waals surface area contributed by atoms with Crippen molar-refractivity contribution >= 4 is 78.7 Å². The molecule has 4 heteroatoms. The van der Waals surface area contributed by atoms with Crippen molar-refractivity contribution < 1.29 is 0 Å². The minimum absolute atomic E-state index is 0.962. The van der Waals surface area contributed by atoms with E-state index in [0.717, 1.165) is 112 Å². The molecule has 1 aromatic heterocycles. The van der Waals surface area contributed by atoms with Gasteiger partial charge in [0.25, 0.3) is 0 Å². The van der Waals surface area contributed by atoms with Gasteiger partial charge < -0.3 is 19.3 Å². The van der Waals surface area contributed by atoms with Crippen LogP contribution in [0, 0.1) is 0 Å². The first-order valence-corrected chi connectivity index (χ1v) is 25.7. The van der Waals surface area contributed by atoms with Crippen molar-refractivity contribution in [3.8, 4) is 33.4 Å². The Labute approximate surface area is 445 Å². The molecule has 0 fully saturated rings. The highest BCUT2D eigenvalue weighted by Crippen LogP contribution is 2.49. The smallest absolute Gasteiger partial charge is 0.0541 e. The summed E-state index contributed by atoms with van der Waals surface area (Å²) in [5, 5.41) is 2.31. The summed E-state index contributed by atoms with van der Waals surface area (Å²) in [6, 6.07) is 102. The molecule has 1 heterocycles. The summed E-state index contributed by atoms with van der Waals surface area (Å²) in [5.41, 5.74) is 19.2. The van der Waals surface area contributed by atoms with E-state index in [0.29, 0.717) is 0 Å². The second-order valence-electron chi connectivity index (χ2n) is 18.7. The van der Waals surface area contributed by atoms with Crippen molar-refractivity contribution in [3.63, 3.8) is 0 Å². The van der Waals surface area contributed by atoms with Crippen LogP contribution < -0.4 is 14.7 Å². The van der Waals surface area contributed by atoms with Crippen molar-refractivity contribution in [2.45, 2.75) is 0 Å². The first-order valence-electron chi connectivity index (χ1n) is 25.7. The number of nitrogens with zero attached hydrogens (tertiary/aromatic N) is 4. The predicted octanol–water partition coefficient (Wildman–Crippen LogP) is 20.4. The topological polar surface area (TPSA) is 14.7 Å². The van der Waals surface area contributed by atoms with Crippen molar-refractivity contribution in [1.82, 2.24) is 4.57 Å². The van der Waals surface area contributed by atoms with E-state index in [1.807, 2.05) is 18.2 Å². The summed E-state index contributed by atoms with van der Waals surface area (Å²) < 4.78 is 2.29. The van der Waals surface area contributed by atoms with Crippen LogP contribution in [-0.4, -0.2) is 4.57 Å². The van der Waals surface area contributed by atoms with Crippen LogP contribution in [0.3, 0.4) is 0 Å². The highest BCUT2D eigenvalue weighted by Gasteiger charge is 2.24. The van der Waals surface area contributed by atoms with E-state index in [1.54, 1.807) is 0 Å². The molecule has 11 aromatic carbocycles. The lowest BCUT2D eigenvalue weighted by molar-refractivity contribution is 1.24. The molecule has 12 rings (SSSR count). The number of anilines is 9. The third-order valence-electron chi connectivity index (χ3n) is 14.0. The van der Waals surface area contributed by atoms with E-state index >= 15 is 0 Å². The molecule has 0 N–H and O–H groups in total. The standard InChI is InChI=1S/C72H54N4/c1-3-27-56(4-2)76-70-45-24-23-42-68(70)69-51-54(46-47-71(69)76)67-44-26-43-66(53-28-25-41-63(48-53)73(57-29-11-5-12-30-57)58-31-13-6-14-32-58)72(67)55-49-64(74(59-33-15-7-16-34-59)60-35-17-8-18-36-60)52-65(50-55)75(61-37-19-9-20-38-61)62-39-21-10-22-40-62/h3-52H,1-2H2/b56-27+. The molecule has 0 atom stereocenters. The number of fused-ring (bicyclic) bond motifs is 3. The van der Waals surface area contributed by atoms with Gasteiger partial charge in [0.05, 0.1) is 11.0 Å². The van der Waals surface area contributed by atoms with Gasteiger partial charge in [-0.15, -0.1) is 0 Å². The third-order valence-corrected chi connectivity index (χ3v) is 14.0. The largest absolute Gasteiger partial charge is 0.310 e. The molecule has 0 aliphatic carbocycles. The predicted molar refractivity (Wildman–Crippen MR) is 324 cm³/mol. The Morgan fingerprint density at radius 3 is 1.14 bits per heavy atom. The Morgan fingerprint density at radius 1 is 0.303 bits per heavy atom. The summed E-state index contributed by atoms with van der Waals surface area (Å²) in [5.74, 6) is 0. The molecule has 0 saturated carbocycles. The number of rotatable bonds is 15. The molecular formula is C72H54N4. The fourth-order valence-electron chi connectivity index (χ4n) is 10.7. The summed E-state index contributed by atoms with van der Waals surface area (Å²) in [6.07, 6.45) is 5.75. The number of aromatic nitrogens is 1. The maximum Gasteiger partial charge on any atom is 0.0541 e. The van der Waals surface area contributed by atoms with E-state index < -0.39 is 0 Å². The van der Waals surface area contributed by atoms with E-state index in [4.69, 9.17) is 0 Å². The summed E-state index contributed by atoms with van der Waals surface area (Å²) in [7, 11) is 0. The first-order chi connectivity index (χ1) is 37.6. The van der Waals surface area contributed by atoms with E-state index in [2.05, 4.69) is 318 Å². The molecule has 12 aromatic rings. The highest BCUT2D eigenvalue weighted by atomic mass is 15.2. The van der Waals surface area contributed by atoms with Crippen molar-refractivity contribution in [2.24, 2.45) is 0 Å². The average Bonchev–Trinajstić information content (AvgIpc) is 3.82. The second kappa shape index (κ2) is 21.1. The fourth-order valence-corrected chi connectivity index (χ4v) is 10.7. The lowest BCUT2D eigenvalue weighted by Gasteiger charge is -2.31. The number of allylic oxidation sites excluding steroid dienone is 4. The average molecular weight is 975 g/mol. The van der Waals surface area contributed by atoms with Gasteiger partial charge in [-0.25, -0.2) is 0 Å². The van der Waals surface area contributed by atoms with Gasteiger partial charge in [0.2, 0.25) is 0 Å². The van der Waals surface area contributed by atoms with Crippen LogP contribution in [0.15, 0.2) is 317 Å². The minimum Gasteiger partial charge on any atom is -0.310 e. The molecule has 0 unspecified atom stereocenters. The summed E-state index contributed by atoms with van der Waals surface area (Å²) in [6.45, 7) is 8.26. The molecular weight excluding hydrogens is 921 g/mol. The number of hydrogen-bond acceptors (Lipinski definition) is 3. The molecule has 0 spiro atoms. The Morgan fingerprint density at radius 2 is 0.684 bits per heavy atom. The Balaban J connectivity index is 1.17. The molecule has 0 amide bonds. The van der Waals surface area contributed by atoms with E-state index in [1.165, 1.54) is 0 Å². The van der Waals surface area contributed by atoms with Gasteiger partial charge in [0.15, 0.2) is 0 Å². The lowest BCUT2D eigenvalue weighted by Crippen LogP contribution is -2.13. The molecule has 0 saturated heterocycles. The number of benzene rings is 11. The normalized spacial score (nSPS) is 11.3. The Bertz CT molecular complexity index is 3800. The van der Waals surface area contributed by atoms with Crippen LogP contribution in [0.4, 0.5) is 51.2 Å². The zero-order valence-corrected chi connectivity index (χ0v) is 42.1. The third kappa shape index (κ3) is 9.06. The maximum atomic E-state index is 4.22. The van der Waals surface area contributed by atoms with Crippen LogP contribution >= 0.6 is 0 Å². The van der Waals surface area contributed by atoms with Crippen LogP contribution in [0.1, 0.15) is 0 Å². The SMILES string of the molecule is C=C/C=C(\C=C)n1c2ccccc2c2cc(-c3cccc(-c4cccc(N(c5ccccc5)c5ccccc5)c4)c3-c3cc(N(c4ccccc4)c4ccccc4)cc(N(c4ccccc4)c4ccccc4)c3)ccc21. The molecule has 0 aliphatic heterocycles. The van der Waals surface area contributed by atoms with Gasteiger partial charge in [-0.2, -0.15) is 0 Å². The van der Waals surface area contributed by atoms with Gasteiger partial charge in [-0.3, -0.25) is 0 Å². The van der Waals surface area contributed by atoms with Crippen molar-refractivity contribution in [1.29, 1.82) is 0 Å². The Kier molecular flexibility index (Phi) is 13.0. The van der Waals surface area contributed by atoms with Gasteiger partial charge in [0.1, 0.15) is 0 Å². The Hall–Kier alpha value is -10.2. The van der Waals surface area contributed by atoms with Crippen LogP contribution in [0.5, 0.6) is 0 Å². The molecule has 0 aliphatic rings. The lowest BCUT2D eigenvalue weighted by atomic mass is 9.86. The van der Waals surface area contributed by atoms with Gasteiger partial charge in [-0.05, 0) is 167 Å². The minimum atomic E-state index is 0.962. The molecule has 362 valence electrons. The molecule has 0 bridgehead atoms. The van der Waals surface area contributed by atoms with Crippen LogP contribution in [0.25, 0.3) is 60.9 Å². The monoisotopic (exact) mass is 974 g/mol. The van der Waals surface area contributed by atoms with Crippen LogP contribution in [0.2, 0.25) is 0 Å². The van der Waals surface area contributed by atoms with Gasteiger partial charge in [0, 0.05) is 67.7 Å². The zero-order valence-electron chi connectivity index (χ0n) is 42.1. The molecule has 76 heavy (non-hydrogen) atoms. The van der Waals surface area contributed by atoms with Crippen LogP contribution in [-0.2, 0) is 0 Å². The quantitative estimate of drug-likeness (QED) is 0.0952.